The first-order chi connectivity index (χ1) is 5.72. The van der Waals surface area contributed by atoms with Gasteiger partial charge in [-0.05, 0) is 17.7 Å². The number of thiol groups is 1. The molecular formula is C8H7NO2S. The highest BCUT2D eigenvalue weighted by atomic mass is 32.2. The molecule has 0 radical (unpaired) electrons. The fourth-order valence-corrected chi connectivity index (χ4v) is 1.34. The number of hydrogen-bond acceptors (Lipinski definition) is 3. The van der Waals surface area contributed by atoms with Crippen molar-refractivity contribution in [2.75, 3.05) is 0 Å². The summed E-state index contributed by atoms with van der Waals surface area (Å²) in [5.74, 6) is 0.0427. The predicted molar refractivity (Wildman–Crippen MR) is 45.2 cm³/mol. The van der Waals surface area contributed by atoms with Gasteiger partial charge in [0.1, 0.15) is 10.7 Å². The lowest BCUT2D eigenvalue weighted by molar-refractivity contribution is 0.614. The molecule has 4 heteroatoms. The topological polar surface area (TPSA) is 57.9 Å². The Labute approximate surface area is 72.2 Å². The molecule has 0 bridgehead atoms. The van der Waals surface area contributed by atoms with Gasteiger partial charge in [0, 0.05) is 0 Å². The Morgan fingerprint density at radius 3 is 2.25 bits per heavy atom. The molecule has 0 unspecified atom stereocenters. The average Bonchev–Trinajstić information content (AvgIpc) is 2.05. The van der Waals surface area contributed by atoms with Gasteiger partial charge in [-0.25, -0.2) is 8.42 Å². The first kappa shape index (κ1) is 8.75. The zero-order chi connectivity index (χ0) is 8.97. The summed E-state index contributed by atoms with van der Waals surface area (Å²) in [6, 6.07) is 8.45. The van der Waals surface area contributed by atoms with E-state index in [0.717, 1.165) is 0 Å². The Kier molecular flexibility index (Phi) is 2.83. The van der Waals surface area contributed by atoms with E-state index in [1.807, 2.05) is 6.07 Å². The number of hydrogen-bond donors (Lipinski definition) is 1. The van der Waals surface area contributed by atoms with Crippen molar-refractivity contribution in [1.29, 1.82) is 5.26 Å². The first-order valence-corrected chi connectivity index (χ1v) is 4.69. The molecule has 0 amide bonds. The highest BCUT2D eigenvalue weighted by molar-refractivity contribution is 7.71. The van der Waals surface area contributed by atoms with Crippen LogP contribution in [-0.2, 0) is 16.5 Å². The maximum atomic E-state index is 10.3. The molecule has 0 saturated heterocycles. The summed E-state index contributed by atoms with van der Waals surface area (Å²) >= 11 is 0. The van der Waals surface area contributed by atoms with Crippen LogP contribution < -0.4 is 0 Å². The fourth-order valence-electron chi connectivity index (χ4n) is 0.834. The quantitative estimate of drug-likeness (QED) is 0.682. The van der Waals surface area contributed by atoms with Gasteiger partial charge in [0.15, 0.2) is 0 Å². The van der Waals surface area contributed by atoms with E-state index >= 15 is 0 Å². The molecule has 0 heterocycles. The lowest BCUT2D eigenvalue weighted by atomic mass is 10.2. The maximum Gasteiger partial charge on any atom is 0.144 e. The van der Waals surface area contributed by atoms with Crippen molar-refractivity contribution in [3.05, 3.63) is 35.4 Å². The van der Waals surface area contributed by atoms with Crippen LogP contribution in [0.15, 0.2) is 24.3 Å². The summed E-state index contributed by atoms with van der Waals surface area (Å²) in [4.78, 5) is 0. The summed E-state index contributed by atoms with van der Waals surface area (Å²) in [7, 11) is -2.37. The van der Waals surface area contributed by atoms with E-state index in [9.17, 15) is 8.42 Å². The second-order valence-corrected chi connectivity index (χ2v) is 3.28. The molecule has 3 nitrogen and oxygen atoms in total. The van der Waals surface area contributed by atoms with Crippen molar-refractivity contribution in [2.45, 2.75) is 5.75 Å². The van der Waals surface area contributed by atoms with Crippen molar-refractivity contribution in [1.82, 2.24) is 0 Å². The SMILES string of the molecule is N#Cc1ccc(C[SH](=O)=O)cc1. The Balaban J connectivity index is 2.86. The van der Waals surface area contributed by atoms with Crippen LogP contribution in [0.1, 0.15) is 11.1 Å². The van der Waals surface area contributed by atoms with Crippen LogP contribution in [0, 0.1) is 11.3 Å². The van der Waals surface area contributed by atoms with Crippen LogP contribution >= 0.6 is 0 Å². The van der Waals surface area contributed by atoms with Gasteiger partial charge in [-0.3, -0.25) is 0 Å². The molecule has 0 spiro atoms. The molecule has 0 atom stereocenters. The van der Waals surface area contributed by atoms with Crippen LogP contribution in [0.5, 0.6) is 0 Å². The molecule has 0 aliphatic heterocycles. The van der Waals surface area contributed by atoms with E-state index in [-0.39, 0.29) is 5.75 Å². The maximum absolute atomic E-state index is 10.3. The first-order valence-electron chi connectivity index (χ1n) is 3.33. The third-order valence-corrected chi connectivity index (χ3v) is 2.02. The monoisotopic (exact) mass is 181 g/mol. The molecule has 1 rings (SSSR count). The summed E-state index contributed by atoms with van der Waals surface area (Å²) in [5.41, 5.74) is 1.25. The van der Waals surface area contributed by atoms with Gasteiger partial charge in [-0.2, -0.15) is 5.26 Å². The minimum absolute atomic E-state index is 0.0427. The van der Waals surface area contributed by atoms with Crippen LogP contribution in [0.25, 0.3) is 0 Å². The molecule has 0 aliphatic carbocycles. The van der Waals surface area contributed by atoms with Crippen LogP contribution in [-0.4, -0.2) is 8.42 Å². The molecule has 62 valence electrons. The standard InChI is InChI=1S/C8H7NO2S/c9-5-7-1-3-8(4-2-7)6-12(10)11/h1-4,12H,6H2. The number of benzene rings is 1. The summed E-state index contributed by atoms with van der Waals surface area (Å²) in [6.45, 7) is 0. The van der Waals surface area contributed by atoms with Crippen molar-refractivity contribution < 1.29 is 8.42 Å². The van der Waals surface area contributed by atoms with Crippen LogP contribution in [0.3, 0.4) is 0 Å². The molecule has 12 heavy (non-hydrogen) atoms. The molecule has 1 aromatic carbocycles. The lowest BCUT2D eigenvalue weighted by Crippen LogP contribution is -1.86. The van der Waals surface area contributed by atoms with Gasteiger partial charge in [-0.15, -0.1) is 0 Å². The molecule has 0 aromatic heterocycles. The minimum Gasteiger partial charge on any atom is -0.232 e. The third kappa shape index (κ3) is 2.36. The normalized spacial score (nSPS) is 9.67. The predicted octanol–water partition coefficient (Wildman–Crippen LogP) is 0.670. The van der Waals surface area contributed by atoms with E-state index in [2.05, 4.69) is 0 Å². The van der Waals surface area contributed by atoms with Gasteiger partial charge in [0.2, 0.25) is 0 Å². The molecule has 0 fully saturated rings. The molecular weight excluding hydrogens is 174 g/mol. The average molecular weight is 181 g/mol. The molecule has 1 aromatic rings. The van der Waals surface area contributed by atoms with E-state index < -0.39 is 10.7 Å². The van der Waals surface area contributed by atoms with Gasteiger partial charge in [-0.1, -0.05) is 12.1 Å². The van der Waals surface area contributed by atoms with E-state index in [1.54, 1.807) is 24.3 Å². The van der Waals surface area contributed by atoms with Crippen LogP contribution in [0.4, 0.5) is 0 Å². The highest BCUT2D eigenvalue weighted by Crippen LogP contribution is 2.03. The van der Waals surface area contributed by atoms with Gasteiger partial charge in [0.25, 0.3) is 0 Å². The summed E-state index contributed by atoms with van der Waals surface area (Å²) in [6.07, 6.45) is 0. The van der Waals surface area contributed by atoms with Gasteiger partial charge >= 0.3 is 0 Å². The van der Waals surface area contributed by atoms with Crippen molar-refractivity contribution in [2.24, 2.45) is 0 Å². The fraction of sp³-hybridized carbons (Fsp3) is 0.125. The summed E-state index contributed by atoms with van der Waals surface area (Å²) < 4.78 is 20.6. The van der Waals surface area contributed by atoms with E-state index in [1.165, 1.54) is 0 Å². The smallest absolute Gasteiger partial charge is 0.144 e. The van der Waals surface area contributed by atoms with E-state index in [0.29, 0.717) is 11.1 Å². The number of nitriles is 1. The van der Waals surface area contributed by atoms with Crippen molar-refractivity contribution in [3.8, 4) is 6.07 Å². The van der Waals surface area contributed by atoms with Gasteiger partial charge in [0.05, 0.1) is 17.4 Å². The number of nitrogens with zero attached hydrogens (tertiary/aromatic N) is 1. The second kappa shape index (κ2) is 3.88. The van der Waals surface area contributed by atoms with E-state index in [4.69, 9.17) is 5.26 Å². The zero-order valence-corrected chi connectivity index (χ0v) is 7.12. The zero-order valence-electron chi connectivity index (χ0n) is 6.23. The highest BCUT2D eigenvalue weighted by Gasteiger charge is 1.94. The van der Waals surface area contributed by atoms with Crippen molar-refractivity contribution in [3.63, 3.8) is 0 Å². The molecule has 0 N–H and O–H groups in total. The van der Waals surface area contributed by atoms with Gasteiger partial charge < -0.3 is 0 Å². The minimum atomic E-state index is -2.37. The Morgan fingerprint density at radius 1 is 1.25 bits per heavy atom. The van der Waals surface area contributed by atoms with Crippen LogP contribution in [0.2, 0.25) is 0 Å². The Morgan fingerprint density at radius 2 is 1.83 bits per heavy atom. The third-order valence-electron chi connectivity index (χ3n) is 1.39. The molecule has 0 saturated carbocycles. The largest absolute Gasteiger partial charge is 0.232 e. The Bertz CT molecular complexity index is 365. The second-order valence-electron chi connectivity index (χ2n) is 2.30. The summed E-state index contributed by atoms with van der Waals surface area (Å²) in [5, 5.41) is 8.44. The number of rotatable bonds is 2. The lowest BCUT2D eigenvalue weighted by Gasteiger charge is -1.93. The van der Waals surface area contributed by atoms with Crippen molar-refractivity contribution >= 4 is 10.7 Å². The molecule has 0 aliphatic rings. The Hall–Kier alpha value is -1.34.